The van der Waals surface area contributed by atoms with E-state index in [1.165, 1.54) is 0 Å². The van der Waals surface area contributed by atoms with E-state index in [-0.39, 0.29) is 17.5 Å². The highest BCUT2D eigenvalue weighted by Gasteiger charge is 2.29. The topological polar surface area (TPSA) is 80.5 Å². The molecule has 6 nitrogen and oxygen atoms in total. The highest BCUT2D eigenvalue weighted by atomic mass is 16.2. The van der Waals surface area contributed by atoms with Crippen molar-refractivity contribution in [2.45, 2.75) is 13.8 Å². The number of imidazole rings is 1. The van der Waals surface area contributed by atoms with E-state index in [4.69, 9.17) is 0 Å². The Labute approximate surface area is 172 Å². The summed E-state index contributed by atoms with van der Waals surface area (Å²) in [4.78, 5) is 43.1. The fourth-order valence-electron chi connectivity index (χ4n) is 3.91. The number of nitrogens with one attached hydrogen (secondary N) is 1. The maximum Gasteiger partial charge on any atom is 0.274 e. The van der Waals surface area contributed by atoms with Crippen LogP contribution >= 0.6 is 0 Å². The highest BCUT2D eigenvalue weighted by Crippen LogP contribution is 2.29. The summed E-state index contributed by atoms with van der Waals surface area (Å²) in [5, 5.41) is 2.84. The quantitative estimate of drug-likeness (QED) is 0.490. The van der Waals surface area contributed by atoms with Crippen molar-refractivity contribution in [3.63, 3.8) is 0 Å². The normalized spacial score (nSPS) is 12.6. The number of rotatable bonds is 2. The molecule has 1 N–H and O–H groups in total. The van der Waals surface area contributed by atoms with Crippen LogP contribution in [-0.4, -0.2) is 26.9 Å². The van der Waals surface area contributed by atoms with Crippen LogP contribution in [0.4, 0.5) is 5.69 Å². The molecule has 1 aliphatic rings. The first-order valence-electron chi connectivity index (χ1n) is 9.53. The minimum Gasteiger partial charge on any atom is -0.321 e. The predicted octanol–water partition coefficient (Wildman–Crippen LogP) is 3.98. The van der Waals surface area contributed by atoms with E-state index in [9.17, 15) is 14.4 Å². The van der Waals surface area contributed by atoms with E-state index < -0.39 is 0 Å². The number of hydrogen-bond acceptors (Lipinski definition) is 4. The van der Waals surface area contributed by atoms with Crippen LogP contribution in [-0.2, 0) is 0 Å². The Morgan fingerprint density at radius 1 is 0.867 bits per heavy atom. The number of carbonyl (C=O) groups excluding carboxylic acids is 3. The lowest BCUT2D eigenvalue weighted by atomic mass is 9.84. The maximum absolute atomic E-state index is 13.0. The number of benzene rings is 2. The molecular formula is C24H17N3O3. The number of ketones is 2. The van der Waals surface area contributed by atoms with Crippen molar-refractivity contribution in [1.82, 2.24) is 9.38 Å². The third kappa shape index (κ3) is 2.65. The van der Waals surface area contributed by atoms with Crippen LogP contribution < -0.4 is 5.32 Å². The minimum atomic E-state index is -0.333. The summed E-state index contributed by atoms with van der Waals surface area (Å²) in [6.45, 7) is 3.73. The molecule has 0 bridgehead atoms. The average Bonchev–Trinajstić information content (AvgIpc) is 3.07. The fourth-order valence-corrected chi connectivity index (χ4v) is 3.91. The van der Waals surface area contributed by atoms with E-state index >= 15 is 0 Å². The van der Waals surface area contributed by atoms with Gasteiger partial charge in [-0.1, -0.05) is 30.3 Å². The molecule has 0 unspecified atom stereocenters. The Hall–Kier alpha value is -4.06. The van der Waals surface area contributed by atoms with Crippen molar-refractivity contribution in [3.05, 3.63) is 100.0 Å². The van der Waals surface area contributed by atoms with Crippen molar-refractivity contribution >= 4 is 28.8 Å². The molecule has 2 heterocycles. The Morgan fingerprint density at radius 3 is 2.27 bits per heavy atom. The molecule has 2 aromatic carbocycles. The second kappa shape index (κ2) is 6.49. The summed E-state index contributed by atoms with van der Waals surface area (Å²) in [5.41, 5.74) is 4.60. The summed E-state index contributed by atoms with van der Waals surface area (Å²) in [6, 6.07) is 15.4. The number of amides is 1. The van der Waals surface area contributed by atoms with Gasteiger partial charge in [0.15, 0.2) is 11.6 Å². The summed E-state index contributed by atoms with van der Waals surface area (Å²) in [7, 11) is 0. The van der Waals surface area contributed by atoms with Crippen LogP contribution in [0.2, 0.25) is 0 Å². The number of aryl methyl sites for hydroxylation is 2. The first kappa shape index (κ1) is 18.0. The van der Waals surface area contributed by atoms with Gasteiger partial charge in [0.1, 0.15) is 11.3 Å². The van der Waals surface area contributed by atoms with E-state index in [2.05, 4.69) is 10.3 Å². The van der Waals surface area contributed by atoms with Gasteiger partial charge >= 0.3 is 0 Å². The number of hydrogen-bond donors (Lipinski definition) is 1. The fraction of sp³-hybridized carbons (Fsp3) is 0.0833. The molecule has 0 fully saturated rings. The van der Waals surface area contributed by atoms with Crippen LogP contribution in [0.3, 0.4) is 0 Å². The standard InChI is InChI=1S/C24H17N3O3/c1-13-7-10-20-25-14(2)21(27(20)12-13)24(30)26-15-8-9-18-19(11-15)23(29)17-6-4-3-5-16(17)22(18)28/h3-12H,1-2H3,(H,26,30). The number of aromatic nitrogens is 2. The Morgan fingerprint density at radius 2 is 1.53 bits per heavy atom. The molecule has 5 rings (SSSR count). The van der Waals surface area contributed by atoms with Crippen LogP contribution in [0, 0.1) is 13.8 Å². The van der Waals surface area contributed by atoms with Crippen molar-refractivity contribution in [2.75, 3.05) is 5.32 Å². The van der Waals surface area contributed by atoms with Gasteiger partial charge in [-0.15, -0.1) is 0 Å². The summed E-state index contributed by atoms with van der Waals surface area (Å²) in [6.07, 6.45) is 1.86. The van der Waals surface area contributed by atoms with E-state index in [1.54, 1.807) is 53.8 Å². The molecule has 1 amide bonds. The van der Waals surface area contributed by atoms with E-state index in [1.807, 2.05) is 25.3 Å². The second-order valence-electron chi connectivity index (χ2n) is 7.40. The van der Waals surface area contributed by atoms with E-state index in [0.717, 1.165) is 5.56 Å². The van der Waals surface area contributed by atoms with Crippen molar-refractivity contribution in [3.8, 4) is 0 Å². The average molecular weight is 395 g/mol. The van der Waals surface area contributed by atoms with Gasteiger partial charge in [0.2, 0.25) is 0 Å². The first-order valence-corrected chi connectivity index (χ1v) is 9.53. The molecule has 0 saturated heterocycles. The number of carbonyl (C=O) groups is 3. The lowest BCUT2D eigenvalue weighted by Crippen LogP contribution is -2.22. The summed E-state index contributed by atoms with van der Waals surface area (Å²) >= 11 is 0. The maximum atomic E-state index is 13.0. The van der Waals surface area contributed by atoms with Gasteiger partial charge in [-0.25, -0.2) is 4.98 Å². The lowest BCUT2D eigenvalue weighted by molar-refractivity contribution is 0.0979. The minimum absolute atomic E-state index is 0.189. The lowest BCUT2D eigenvalue weighted by Gasteiger charge is -2.18. The smallest absolute Gasteiger partial charge is 0.274 e. The van der Waals surface area contributed by atoms with Crippen molar-refractivity contribution in [2.24, 2.45) is 0 Å². The predicted molar refractivity (Wildman–Crippen MR) is 112 cm³/mol. The largest absolute Gasteiger partial charge is 0.321 e. The van der Waals surface area contributed by atoms with Gasteiger partial charge < -0.3 is 5.32 Å². The molecule has 6 heteroatoms. The molecule has 0 radical (unpaired) electrons. The van der Waals surface area contributed by atoms with Gasteiger partial charge in [0.05, 0.1) is 5.69 Å². The third-order valence-electron chi connectivity index (χ3n) is 5.34. The number of pyridine rings is 1. The number of anilines is 1. The van der Waals surface area contributed by atoms with Crippen molar-refractivity contribution < 1.29 is 14.4 Å². The molecule has 2 aromatic heterocycles. The molecule has 146 valence electrons. The summed E-state index contributed by atoms with van der Waals surface area (Å²) < 4.78 is 1.75. The summed E-state index contributed by atoms with van der Waals surface area (Å²) in [5.74, 6) is -0.746. The SMILES string of the molecule is Cc1ccc2nc(C)c(C(=O)Nc3ccc4c(c3)C(=O)c3ccccc3C4=O)n2c1. The molecule has 4 aromatic rings. The Balaban J connectivity index is 1.52. The van der Waals surface area contributed by atoms with Gasteiger partial charge in [0.25, 0.3) is 5.91 Å². The number of nitrogens with zero attached hydrogens (tertiary/aromatic N) is 2. The zero-order valence-corrected chi connectivity index (χ0v) is 16.4. The van der Waals surface area contributed by atoms with Gasteiger partial charge in [-0.05, 0) is 43.7 Å². The molecule has 0 spiro atoms. The Kier molecular flexibility index (Phi) is 3.89. The molecule has 30 heavy (non-hydrogen) atoms. The molecular weight excluding hydrogens is 378 g/mol. The monoisotopic (exact) mass is 395 g/mol. The van der Waals surface area contributed by atoms with Gasteiger partial charge in [0, 0.05) is 34.1 Å². The zero-order valence-electron chi connectivity index (χ0n) is 16.4. The van der Waals surface area contributed by atoms with Crippen LogP contribution in [0.15, 0.2) is 60.8 Å². The van der Waals surface area contributed by atoms with Crippen LogP contribution in [0.25, 0.3) is 5.65 Å². The second-order valence-corrected chi connectivity index (χ2v) is 7.40. The number of fused-ring (bicyclic) bond motifs is 3. The molecule has 0 atom stereocenters. The zero-order chi connectivity index (χ0) is 21.0. The molecule has 0 saturated carbocycles. The molecule has 1 aliphatic carbocycles. The highest BCUT2D eigenvalue weighted by molar-refractivity contribution is 6.28. The van der Waals surface area contributed by atoms with Crippen LogP contribution in [0.1, 0.15) is 53.6 Å². The van der Waals surface area contributed by atoms with Crippen LogP contribution in [0.5, 0.6) is 0 Å². The first-order chi connectivity index (χ1) is 14.4. The van der Waals surface area contributed by atoms with Crippen molar-refractivity contribution in [1.29, 1.82) is 0 Å². The van der Waals surface area contributed by atoms with Gasteiger partial charge in [-0.3, -0.25) is 18.8 Å². The van der Waals surface area contributed by atoms with Gasteiger partial charge in [-0.2, -0.15) is 0 Å². The third-order valence-corrected chi connectivity index (χ3v) is 5.34. The van der Waals surface area contributed by atoms with E-state index in [0.29, 0.717) is 45.0 Å². The Bertz CT molecular complexity index is 1400. The molecule has 0 aliphatic heterocycles.